The van der Waals surface area contributed by atoms with Crippen molar-refractivity contribution in [1.29, 1.82) is 0 Å². The van der Waals surface area contributed by atoms with Gasteiger partial charge >= 0.3 is 0 Å². The molecule has 3 rings (SSSR count). The number of carbonyl (C=O) groups is 1. The first-order valence-electron chi connectivity index (χ1n) is 10.1. The van der Waals surface area contributed by atoms with E-state index < -0.39 is 6.10 Å². The molecule has 5 nitrogen and oxygen atoms in total. The minimum atomic E-state index is -0.491. The predicted octanol–water partition coefficient (Wildman–Crippen LogP) is 4.39. The predicted molar refractivity (Wildman–Crippen MR) is 116 cm³/mol. The fourth-order valence-electron chi connectivity index (χ4n) is 3.42. The summed E-state index contributed by atoms with van der Waals surface area (Å²) < 4.78 is 6.09. The van der Waals surface area contributed by atoms with Crippen molar-refractivity contribution < 1.29 is 9.53 Å². The second-order valence-electron chi connectivity index (χ2n) is 7.88. The lowest BCUT2D eigenvalue weighted by atomic mass is 10.0. The van der Waals surface area contributed by atoms with Crippen molar-refractivity contribution in [3.63, 3.8) is 0 Å². The molecule has 0 spiro atoms. The van der Waals surface area contributed by atoms with Crippen LogP contribution in [0.15, 0.2) is 23.6 Å². The van der Waals surface area contributed by atoms with Gasteiger partial charge in [0.2, 0.25) is 0 Å². The lowest BCUT2D eigenvalue weighted by Gasteiger charge is -2.25. The van der Waals surface area contributed by atoms with E-state index in [0.717, 1.165) is 48.2 Å². The van der Waals surface area contributed by atoms with E-state index in [1.165, 1.54) is 5.56 Å². The van der Waals surface area contributed by atoms with Crippen LogP contribution in [0.1, 0.15) is 49.9 Å². The Kier molecular flexibility index (Phi) is 6.60. The highest BCUT2D eigenvalue weighted by atomic mass is 32.1. The highest BCUT2D eigenvalue weighted by Crippen LogP contribution is 2.26. The Morgan fingerprint density at radius 3 is 2.61 bits per heavy atom. The highest BCUT2D eigenvalue weighted by molar-refractivity contribution is 7.13. The van der Waals surface area contributed by atoms with Crippen molar-refractivity contribution in [2.45, 2.75) is 53.1 Å². The van der Waals surface area contributed by atoms with Crippen LogP contribution in [0.2, 0.25) is 0 Å². The second-order valence-corrected chi connectivity index (χ2v) is 8.71. The molecule has 0 aliphatic carbocycles. The molecule has 1 saturated heterocycles. The molecule has 1 aromatic heterocycles. The summed E-state index contributed by atoms with van der Waals surface area (Å²) in [5, 5.41) is 3.13. The molecule has 1 fully saturated rings. The fraction of sp³-hybridized carbons (Fsp3) is 0.545. The van der Waals surface area contributed by atoms with E-state index in [2.05, 4.69) is 47.3 Å². The van der Waals surface area contributed by atoms with Gasteiger partial charge in [-0.05, 0) is 50.3 Å². The van der Waals surface area contributed by atoms with Gasteiger partial charge in [0.1, 0.15) is 5.75 Å². The molecule has 1 atom stereocenters. The van der Waals surface area contributed by atoms with Gasteiger partial charge in [0, 0.05) is 31.6 Å². The highest BCUT2D eigenvalue weighted by Gasteiger charge is 2.26. The van der Waals surface area contributed by atoms with Crippen LogP contribution in [0.4, 0.5) is 5.13 Å². The van der Waals surface area contributed by atoms with Gasteiger partial charge in [-0.15, -0.1) is 11.3 Å². The summed E-state index contributed by atoms with van der Waals surface area (Å²) in [6.07, 6.45) is 0.452. The van der Waals surface area contributed by atoms with Gasteiger partial charge in [0.25, 0.3) is 5.91 Å². The molecule has 28 heavy (non-hydrogen) atoms. The minimum Gasteiger partial charge on any atom is -0.481 e. The van der Waals surface area contributed by atoms with Crippen LogP contribution in [0.5, 0.6) is 5.75 Å². The molecule has 152 valence electrons. The van der Waals surface area contributed by atoms with Crippen LogP contribution < -0.4 is 9.64 Å². The summed E-state index contributed by atoms with van der Waals surface area (Å²) in [6.45, 7) is 13.4. The SMILES string of the molecule is Cc1csc(N2CCCN(C(=O)C(C)Oc3cc(C(C)C)ccc3C)CC2)n1. The number of hydrogen-bond acceptors (Lipinski definition) is 5. The fourth-order valence-corrected chi connectivity index (χ4v) is 4.27. The maximum Gasteiger partial charge on any atom is 0.263 e. The molecule has 0 saturated carbocycles. The van der Waals surface area contributed by atoms with Crippen molar-refractivity contribution >= 4 is 22.4 Å². The maximum absolute atomic E-state index is 13.0. The van der Waals surface area contributed by atoms with E-state index in [1.54, 1.807) is 11.3 Å². The summed E-state index contributed by atoms with van der Waals surface area (Å²) >= 11 is 1.67. The zero-order chi connectivity index (χ0) is 20.3. The molecule has 1 aliphatic heterocycles. The van der Waals surface area contributed by atoms with E-state index in [9.17, 15) is 4.79 Å². The average Bonchev–Trinajstić information content (AvgIpc) is 2.95. The summed E-state index contributed by atoms with van der Waals surface area (Å²) in [4.78, 5) is 21.8. The van der Waals surface area contributed by atoms with Gasteiger partial charge in [-0.25, -0.2) is 4.98 Å². The smallest absolute Gasteiger partial charge is 0.263 e. The molecule has 0 radical (unpaired) electrons. The van der Waals surface area contributed by atoms with Crippen molar-refractivity contribution in [1.82, 2.24) is 9.88 Å². The number of anilines is 1. The second kappa shape index (κ2) is 8.95. The van der Waals surface area contributed by atoms with Gasteiger partial charge in [-0.1, -0.05) is 26.0 Å². The summed E-state index contributed by atoms with van der Waals surface area (Å²) in [7, 11) is 0. The molecule has 1 amide bonds. The maximum atomic E-state index is 13.0. The molecule has 2 aromatic rings. The Morgan fingerprint density at radius 1 is 1.14 bits per heavy atom. The largest absolute Gasteiger partial charge is 0.481 e. The topological polar surface area (TPSA) is 45.7 Å². The number of ether oxygens (including phenoxy) is 1. The van der Waals surface area contributed by atoms with Gasteiger partial charge in [-0.2, -0.15) is 0 Å². The van der Waals surface area contributed by atoms with E-state index in [0.29, 0.717) is 12.5 Å². The molecule has 1 unspecified atom stereocenters. The number of rotatable bonds is 5. The average molecular weight is 402 g/mol. The number of nitrogens with zero attached hydrogens (tertiary/aromatic N) is 3. The van der Waals surface area contributed by atoms with Gasteiger partial charge in [-0.3, -0.25) is 4.79 Å². The first kappa shape index (κ1) is 20.6. The zero-order valence-electron chi connectivity index (χ0n) is 17.6. The van der Waals surface area contributed by atoms with Gasteiger partial charge in [0.15, 0.2) is 11.2 Å². The van der Waals surface area contributed by atoms with Crippen molar-refractivity contribution in [3.05, 3.63) is 40.4 Å². The summed E-state index contributed by atoms with van der Waals surface area (Å²) in [6, 6.07) is 6.27. The monoisotopic (exact) mass is 401 g/mol. The third-order valence-electron chi connectivity index (χ3n) is 5.22. The number of benzene rings is 1. The molecular formula is C22H31N3O2S. The van der Waals surface area contributed by atoms with Crippen LogP contribution in [0.3, 0.4) is 0 Å². The lowest BCUT2D eigenvalue weighted by molar-refractivity contribution is -0.137. The number of aromatic nitrogens is 1. The Morgan fingerprint density at radius 2 is 1.93 bits per heavy atom. The number of thiazole rings is 1. The molecule has 1 aliphatic rings. The quantitative estimate of drug-likeness (QED) is 0.745. The van der Waals surface area contributed by atoms with Gasteiger partial charge in [0.05, 0.1) is 5.69 Å². The van der Waals surface area contributed by atoms with E-state index in [1.807, 2.05) is 25.7 Å². The third-order valence-corrected chi connectivity index (χ3v) is 6.23. The minimum absolute atomic E-state index is 0.0616. The number of carbonyl (C=O) groups excluding carboxylic acids is 1. The Labute approximate surface area is 172 Å². The molecule has 6 heteroatoms. The van der Waals surface area contributed by atoms with Crippen molar-refractivity contribution in [3.8, 4) is 5.75 Å². The van der Waals surface area contributed by atoms with Crippen LogP contribution in [0.25, 0.3) is 0 Å². The third kappa shape index (κ3) is 4.85. The molecule has 0 N–H and O–H groups in total. The first-order chi connectivity index (χ1) is 13.3. The van der Waals surface area contributed by atoms with E-state index >= 15 is 0 Å². The summed E-state index contributed by atoms with van der Waals surface area (Å²) in [5.41, 5.74) is 3.34. The Bertz CT molecular complexity index is 818. The van der Waals surface area contributed by atoms with Gasteiger partial charge < -0.3 is 14.5 Å². The number of aryl methyl sites for hydroxylation is 2. The molecule has 2 heterocycles. The molecule has 1 aromatic carbocycles. The molecular weight excluding hydrogens is 370 g/mol. The molecule has 0 bridgehead atoms. The van der Waals surface area contributed by atoms with Crippen LogP contribution in [-0.2, 0) is 4.79 Å². The number of amides is 1. The Balaban J connectivity index is 1.63. The van der Waals surface area contributed by atoms with Crippen molar-refractivity contribution in [2.24, 2.45) is 0 Å². The van der Waals surface area contributed by atoms with Crippen molar-refractivity contribution in [2.75, 3.05) is 31.1 Å². The van der Waals surface area contributed by atoms with E-state index in [-0.39, 0.29) is 5.91 Å². The lowest BCUT2D eigenvalue weighted by Crippen LogP contribution is -2.42. The van der Waals surface area contributed by atoms with Crippen LogP contribution >= 0.6 is 11.3 Å². The van der Waals surface area contributed by atoms with Crippen LogP contribution in [0, 0.1) is 13.8 Å². The standard InChI is InChI=1S/C22H31N3O2S/c1-15(2)19-8-7-16(3)20(13-19)27-18(5)21(26)24-9-6-10-25(12-11-24)22-23-17(4)14-28-22/h7-8,13-15,18H,6,9-12H2,1-5H3. The van der Waals surface area contributed by atoms with E-state index in [4.69, 9.17) is 4.74 Å². The summed E-state index contributed by atoms with van der Waals surface area (Å²) in [5.74, 6) is 1.30. The normalized spacial score (nSPS) is 16.2. The van der Waals surface area contributed by atoms with Crippen LogP contribution in [-0.4, -0.2) is 48.1 Å². The Hall–Kier alpha value is -2.08. The number of hydrogen-bond donors (Lipinski definition) is 0. The first-order valence-corrected chi connectivity index (χ1v) is 11.0. The zero-order valence-corrected chi connectivity index (χ0v) is 18.4.